The number of hydrogen-bond donors (Lipinski definition) is 3. The molecule has 0 atom stereocenters. The second-order valence-corrected chi connectivity index (χ2v) is 3.48. The quantitative estimate of drug-likeness (QED) is 0.486. The number of nitrogens with one attached hydrogen (secondary N) is 2. The summed E-state index contributed by atoms with van der Waals surface area (Å²) in [6, 6.07) is 0. The number of nitrogens with two attached hydrogens (primary N) is 1. The summed E-state index contributed by atoms with van der Waals surface area (Å²) >= 11 is 0. The van der Waals surface area contributed by atoms with Gasteiger partial charge in [-0.3, -0.25) is 4.79 Å². The topological polar surface area (TPSA) is 76.4 Å². The van der Waals surface area contributed by atoms with E-state index in [1.165, 1.54) is 0 Å². The van der Waals surface area contributed by atoms with Crippen molar-refractivity contribution in [1.29, 1.82) is 0 Å². The highest BCUT2D eigenvalue weighted by Crippen LogP contribution is 2.14. The molecule has 5 heteroatoms. The molecule has 5 nitrogen and oxygen atoms in total. The van der Waals surface area contributed by atoms with E-state index in [1.54, 1.807) is 0 Å². The lowest BCUT2D eigenvalue weighted by Gasteiger charge is -2.38. The fourth-order valence-corrected chi connectivity index (χ4v) is 1.08. The van der Waals surface area contributed by atoms with Gasteiger partial charge in [0.25, 0.3) is 0 Å². The van der Waals surface area contributed by atoms with Crippen LogP contribution in [0.1, 0.15) is 6.92 Å². The van der Waals surface area contributed by atoms with E-state index in [4.69, 9.17) is 10.5 Å². The fourth-order valence-electron chi connectivity index (χ4n) is 1.08. The first-order valence-electron chi connectivity index (χ1n) is 4.48. The maximum atomic E-state index is 11.1. The highest BCUT2D eigenvalue weighted by molar-refractivity contribution is 5.77. The third-order valence-electron chi connectivity index (χ3n) is 2.02. The average molecular weight is 187 g/mol. The van der Waals surface area contributed by atoms with Gasteiger partial charge in [-0.1, -0.05) is 0 Å². The Bertz CT molecular complexity index is 180. The summed E-state index contributed by atoms with van der Waals surface area (Å²) in [7, 11) is 0. The molecule has 1 aliphatic rings. The van der Waals surface area contributed by atoms with Crippen molar-refractivity contribution in [3.05, 3.63) is 0 Å². The molecule has 1 aliphatic heterocycles. The SMILES string of the molecule is CC1(OCC(=O)NCCN)CNC1. The molecular formula is C8H17N3O2. The number of ether oxygens (including phenoxy) is 1. The lowest BCUT2D eigenvalue weighted by atomic mass is 10.0. The van der Waals surface area contributed by atoms with Crippen molar-refractivity contribution in [1.82, 2.24) is 10.6 Å². The average Bonchev–Trinajstić information content (AvgIpc) is 2.08. The van der Waals surface area contributed by atoms with E-state index in [0.717, 1.165) is 13.1 Å². The minimum atomic E-state index is -0.153. The van der Waals surface area contributed by atoms with E-state index in [-0.39, 0.29) is 18.1 Å². The largest absolute Gasteiger partial charge is 0.363 e. The Morgan fingerprint density at radius 3 is 2.85 bits per heavy atom. The van der Waals surface area contributed by atoms with Crippen LogP contribution in [0.4, 0.5) is 0 Å². The first-order valence-corrected chi connectivity index (χ1v) is 4.48. The third-order valence-corrected chi connectivity index (χ3v) is 2.02. The predicted octanol–water partition coefficient (Wildman–Crippen LogP) is -1.56. The second kappa shape index (κ2) is 4.55. The van der Waals surface area contributed by atoms with Gasteiger partial charge in [0.05, 0.1) is 5.60 Å². The molecule has 1 rings (SSSR count). The molecule has 1 heterocycles. The molecule has 0 aromatic carbocycles. The van der Waals surface area contributed by atoms with Gasteiger partial charge in [-0.25, -0.2) is 0 Å². The highest BCUT2D eigenvalue weighted by atomic mass is 16.5. The van der Waals surface area contributed by atoms with Gasteiger partial charge in [-0.2, -0.15) is 0 Å². The van der Waals surface area contributed by atoms with E-state index >= 15 is 0 Å². The summed E-state index contributed by atoms with van der Waals surface area (Å²) in [6.45, 7) is 4.72. The zero-order chi connectivity index (χ0) is 9.73. The Morgan fingerprint density at radius 1 is 1.69 bits per heavy atom. The van der Waals surface area contributed by atoms with Crippen LogP contribution in [-0.4, -0.2) is 44.3 Å². The Morgan fingerprint density at radius 2 is 2.38 bits per heavy atom. The van der Waals surface area contributed by atoms with Crippen LogP contribution in [0.3, 0.4) is 0 Å². The van der Waals surface area contributed by atoms with Crippen molar-refractivity contribution in [3.63, 3.8) is 0 Å². The van der Waals surface area contributed by atoms with Crippen LogP contribution in [0.5, 0.6) is 0 Å². The molecule has 0 bridgehead atoms. The Balaban J connectivity index is 2.07. The second-order valence-electron chi connectivity index (χ2n) is 3.48. The van der Waals surface area contributed by atoms with Crippen LogP contribution in [0, 0.1) is 0 Å². The van der Waals surface area contributed by atoms with E-state index in [0.29, 0.717) is 13.1 Å². The van der Waals surface area contributed by atoms with Gasteiger partial charge in [-0.05, 0) is 6.92 Å². The molecule has 13 heavy (non-hydrogen) atoms. The summed E-state index contributed by atoms with van der Waals surface area (Å²) in [5.74, 6) is -0.0985. The van der Waals surface area contributed by atoms with Crippen LogP contribution in [0.2, 0.25) is 0 Å². The number of rotatable bonds is 5. The van der Waals surface area contributed by atoms with Crippen LogP contribution < -0.4 is 16.4 Å². The van der Waals surface area contributed by atoms with Crippen LogP contribution in [0.25, 0.3) is 0 Å². The summed E-state index contributed by atoms with van der Waals surface area (Å²) in [5.41, 5.74) is 5.08. The van der Waals surface area contributed by atoms with Crippen molar-refractivity contribution in [2.24, 2.45) is 5.73 Å². The molecule has 0 radical (unpaired) electrons. The Hall–Kier alpha value is -0.650. The van der Waals surface area contributed by atoms with E-state index in [9.17, 15) is 4.79 Å². The molecule has 0 aromatic rings. The Labute approximate surface area is 78.0 Å². The molecule has 0 unspecified atom stereocenters. The number of hydrogen-bond acceptors (Lipinski definition) is 4. The smallest absolute Gasteiger partial charge is 0.246 e. The molecule has 4 N–H and O–H groups in total. The van der Waals surface area contributed by atoms with Gasteiger partial charge < -0.3 is 21.1 Å². The van der Waals surface area contributed by atoms with E-state index < -0.39 is 0 Å². The van der Waals surface area contributed by atoms with Gasteiger partial charge in [0, 0.05) is 26.2 Å². The van der Waals surface area contributed by atoms with Gasteiger partial charge in [-0.15, -0.1) is 0 Å². The molecule has 1 fully saturated rings. The minimum absolute atomic E-state index is 0.0985. The monoisotopic (exact) mass is 187 g/mol. The zero-order valence-corrected chi connectivity index (χ0v) is 7.93. The fraction of sp³-hybridized carbons (Fsp3) is 0.875. The minimum Gasteiger partial charge on any atom is -0.363 e. The third kappa shape index (κ3) is 3.30. The molecule has 0 saturated carbocycles. The van der Waals surface area contributed by atoms with Gasteiger partial charge in [0.1, 0.15) is 6.61 Å². The summed E-state index contributed by atoms with van der Waals surface area (Å²) in [5, 5.41) is 5.74. The van der Waals surface area contributed by atoms with Crippen LogP contribution in [0.15, 0.2) is 0 Å². The summed E-state index contributed by atoms with van der Waals surface area (Å²) < 4.78 is 5.41. The standard InChI is InChI=1S/C8H17N3O2/c1-8(5-10-6-8)13-4-7(12)11-3-2-9/h10H,2-6,9H2,1H3,(H,11,12). The van der Waals surface area contributed by atoms with Crippen molar-refractivity contribution in [2.75, 3.05) is 32.8 Å². The first-order chi connectivity index (χ1) is 6.16. The van der Waals surface area contributed by atoms with E-state index in [1.807, 2.05) is 6.92 Å². The number of amides is 1. The molecule has 0 aliphatic carbocycles. The summed E-state index contributed by atoms with van der Waals surface area (Å²) in [6.07, 6.45) is 0. The van der Waals surface area contributed by atoms with E-state index in [2.05, 4.69) is 10.6 Å². The molecular weight excluding hydrogens is 170 g/mol. The highest BCUT2D eigenvalue weighted by Gasteiger charge is 2.32. The zero-order valence-electron chi connectivity index (χ0n) is 7.93. The number of carbonyl (C=O) groups excluding carboxylic acids is 1. The van der Waals surface area contributed by atoms with Crippen molar-refractivity contribution < 1.29 is 9.53 Å². The predicted molar refractivity (Wildman–Crippen MR) is 49.3 cm³/mol. The summed E-state index contributed by atoms with van der Waals surface area (Å²) in [4.78, 5) is 11.1. The lowest BCUT2D eigenvalue weighted by molar-refractivity contribution is -0.135. The normalized spacial score (nSPS) is 19.2. The van der Waals surface area contributed by atoms with Crippen molar-refractivity contribution in [3.8, 4) is 0 Å². The molecule has 0 spiro atoms. The first kappa shape index (κ1) is 10.4. The maximum absolute atomic E-state index is 11.1. The van der Waals surface area contributed by atoms with Gasteiger partial charge in [0.15, 0.2) is 0 Å². The molecule has 76 valence electrons. The maximum Gasteiger partial charge on any atom is 0.246 e. The van der Waals surface area contributed by atoms with Crippen molar-refractivity contribution >= 4 is 5.91 Å². The van der Waals surface area contributed by atoms with Crippen molar-refractivity contribution in [2.45, 2.75) is 12.5 Å². The van der Waals surface area contributed by atoms with Crippen LogP contribution >= 0.6 is 0 Å². The van der Waals surface area contributed by atoms with Crippen LogP contribution in [-0.2, 0) is 9.53 Å². The molecule has 1 amide bonds. The lowest BCUT2D eigenvalue weighted by Crippen LogP contribution is -2.59. The number of carbonyl (C=O) groups is 1. The van der Waals surface area contributed by atoms with Gasteiger partial charge >= 0.3 is 0 Å². The molecule has 1 saturated heterocycles. The molecule has 0 aromatic heterocycles. The Kier molecular flexibility index (Phi) is 3.65. The van der Waals surface area contributed by atoms with Gasteiger partial charge in [0.2, 0.25) is 5.91 Å².